The number of ether oxygens (including phenoxy) is 1. The fourth-order valence-electron chi connectivity index (χ4n) is 3.56. The average molecular weight is 437 g/mol. The van der Waals surface area contributed by atoms with Crippen molar-refractivity contribution in [3.8, 4) is 5.75 Å². The first kappa shape index (κ1) is 20.9. The standard InChI is InChI=1S/C24H24N2O4S/c1-2-18-7-11-21(12-8-18)30-17-24(27)25-20-9-13-22(14-10-20)31(28,29)26-16-15-19-5-3-4-6-23(19)26/h3-14H,2,15-17H2,1H3,(H,25,27). The van der Waals surface area contributed by atoms with Gasteiger partial charge in [-0.3, -0.25) is 9.10 Å². The summed E-state index contributed by atoms with van der Waals surface area (Å²) in [4.78, 5) is 12.4. The molecule has 3 aromatic carbocycles. The van der Waals surface area contributed by atoms with Crippen molar-refractivity contribution >= 4 is 27.3 Å². The van der Waals surface area contributed by atoms with Crippen molar-refractivity contribution in [3.05, 3.63) is 83.9 Å². The van der Waals surface area contributed by atoms with E-state index in [-0.39, 0.29) is 17.4 Å². The van der Waals surface area contributed by atoms with Gasteiger partial charge >= 0.3 is 0 Å². The predicted octanol–water partition coefficient (Wildman–Crippen LogP) is 4.02. The van der Waals surface area contributed by atoms with E-state index in [9.17, 15) is 13.2 Å². The summed E-state index contributed by atoms with van der Waals surface area (Å²) < 4.78 is 33.1. The molecule has 0 aliphatic carbocycles. The fourth-order valence-corrected chi connectivity index (χ4v) is 5.07. The first-order valence-electron chi connectivity index (χ1n) is 10.2. The normalized spacial score (nSPS) is 13.0. The monoisotopic (exact) mass is 436 g/mol. The highest BCUT2D eigenvalue weighted by molar-refractivity contribution is 7.92. The van der Waals surface area contributed by atoms with Crippen LogP contribution in [-0.4, -0.2) is 27.5 Å². The lowest BCUT2D eigenvalue weighted by Crippen LogP contribution is -2.29. The van der Waals surface area contributed by atoms with Crippen LogP contribution in [0.2, 0.25) is 0 Å². The Kier molecular flexibility index (Phi) is 5.95. The zero-order valence-electron chi connectivity index (χ0n) is 17.2. The number of nitrogens with one attached hydrogen (secondary N) is 1. The second-order valence-electron chi connectivity index (χ2n) is 7.31. The second-order valence-corrected chi connectivity index (χ2v) is 9.18. The van der Waals surface area contributed by atoms with E-state index in [2.05, 4.69) is 12.2 Å². The topological polar surface area (TPSA) is 75.7 Å². The maximum Gasteiger partial charge on any atom is 0.264 e. The van der Waals surface area contributed by atoms with E-state index < -0.39 is 10.0 Å². The number of anilines is 2. The van der Waals surface area contributed by atoms with Crippen molar-refractivity contribution in [2.45, 2.75) is 24.7 Å². The van der Waals surface area contributed by atoms with E-state index in [0.29, 0.717) is 24.4 Å². The summed E-state index contributed by atoms with van der Waals surface area (Å²) in [6, 6.07) is 21.3. The first-order valence-corrected chi connectivity index (χ1v) is 11.6. The number of para-hydroxylation sites is 1. The number of amides is 1. The Morgan fingerprint density at radius 1 is 1.00 bits per heavy atom. The minimum absolute atomic E-state index is 0.129. The number of aryl methyl sites for hydroxylation is 1. The van der Waals surface area contributed by atoms with Crippen LogP contribution in [0.3, 0.4) is 0 Å². The largest absolute Gasteiger partial charge is 0.484 e. The van der Waals surface area contributed by atoms with E-state index >= 15 is 0 Å². The SMILES string of the molecule is CCc1ccc(OCC(=O)Nc2ccc(S(=O)(=O)N3CCc4ccccc43)cc2)cc1. The molecule has 0 bridgehead atoms. The van der Waals surface area contributed by atoms with Gasteiger partial charge < -0.3 is 10.1 Å². The molecule has 0 radical (unpaired) electrons. The van der Waals surface area contributed by atoms with Crippen molar-refractivity contribution < 1.29 is 17.9 Å². The van der Waals surface area contributed by atoms with Crippen molar-refractivity contribution in [2.24, 2.45) is 0 Å². The molecule has 0 saturated heterocycles. The predicted molar refractivity (Wildman–Crippen MR) is 121 cm³/mol. The lowest BCUT2D eigenvalue weighted by molar-refractivity contribution is -0.118. The van der Waals surface area contributed by atoms with Gasteiger partial charge in [-0.25, -0.2) is 8.42 Å². The maximum absolute atomic E-state index is 13.1. The van der Waals surface area contributed by atoms with Gasteiger partial charge in [-0.1, -0.05) is 37.3 Å². The number of carbonyl (C=O) groups excluding carboxylic acids is 1. The lowest BCUT2D eigenvalue weighted by atomic mass is 10.2. The van der Waals surface area contributed by atoms with Crippen LogP contribution in [0.25, 0.3) is 0 Å². The van der Waals surface area contributed by atoms with Crippen LogP contribution in [0.5, 0.6) is 5.75 Å². The molecular formula is C24H24N2O4S. The Balaban J connectivity index is 1.38. The van der Waals surface area contributed by atoms with Crippen molar-refractivity contribution in [1.29, 1.82) is 0 Å². The summed E-state index contributed by atoms with van der Waals surface area (Å²) in [6.45, 7) is 2.37. The molecule has 0 fully saturated rings. The first-order chi connectivity index (χ1) is 15.0. The molecule has 4 rings (SSSR count). The number of nitrogens with zero attached hydrogens (tertiary/aromatic N) is 1. The van der Waals surface area contributed by atoms with Crippen molar-refractivity contribution in [1.82, 2.24) is 0 Å². The maximum atomic E-state index is 13.1. The van der Waals surface area contributed by atoms with E-state index in [0.717, 1.165) is 17.7 Å². The minimum Gasteiger partial charge on any atom is -0.484 e. The molecule has 160 valence electrons. The van der Waals surface area contributed by atoms with Crippen LogP contribution in [0.1, 0.15) is 18.1 Å². The van der Waals surface area contributed by atoms with Gasteiger partial charge in [0.1, 0.15) is 5.75 Å². The molecule has 0 aromatic heterocycles. The Hall–Kier alpha value is -3.32. The minimum atomic E-state index is -3.65. The number of fused-ring (bicyclic) bond motifs is 1. The zero-order chi connectivity index (χ0) is 21.8. The summed E-state index contributed by atoms with van der Waals surface area (Å²) >= 11 is 0. The number of benzene rings is 3. The van der Waals surface area contributed by atoms with Gasteiger partial charge in [0, 0.05) is 12.2 Å². The Labute approximate surface area is 182 Å². The molecular weight excluding hydrogens is 412 g/mol. The van der Waals surface area contributed by atoms with Gasteiger partial charge in [-0.15, -0.1) is 0 Å². The highest BCUT2D eigenvalue weighted by Gasteiger charge is 2.30. The third kappa shape index (κ3) is 4.56. The molecule has 0 unspecified atom stereocenters. The average Bonchev–Trinajstić information content (AvgIpc) is 3.23. The Morgan fingerprint density at radius 3 is 2.42 bits per heavy atom. The number of hydrogen-bond donors (Lipinski definition) is 1. The van der Waals surface area contributed by atoms with E-state index in [1.807, 2.05) is 48.5 Å². The van der Waals surface area contributed by atoms with Crippen molar-refractivity contribution in [3.63, 3.8) is 0 Å². The molecule has 0 spiro atoms. The number of hydrogen-bond acceptors (Lipinski definition) is 4. The van der Waals surface area contributed by atoms with E-state index in [1.54, 1.807) is 12.1 Å². The van der Waals surface area contributed by atoms with Crippen LogP contribution in [-0.2, 0) is 27.7 Å². The van der Waals surface area contributed by atoms with Gasteiger partial charge in [0.15, 0.2) is 6.61 Å². The summed E-state index contributed by atoms with van der Waals surface area (Å²) in [5.41, 5.74) is 3.46. The molecule has 1 aliphatic heterocycles. The number of rotatable bonds is 7. The highest BCUT2D eigenvalue weighted by atomic mass is 32.2. The van der Waals surface area contributed by atoms with Crippen molar-refractivity contribution in [2.75, 3.05) is 22.8 Å². The summed E-state index contributed by atoms with van der Waals surface area (Å²) in [5, 5.41) is 2.73. The smallest absolute Gasteiger partial charge is 0.264 e. The number of sulfonamides is 1. The molecule has 31 heavy (non-hydrogen) atoms. The second kappa shape index (κ2) is 8.81. The van der Waals surface area contributed by atoms with Crippen LogP contribution >= 0.6 is 0 Å². The number of carbonyl (C=O) groups is 1. The molecule has 1 heterocycles. The summed E-state index contributed by atoms with van der Waals surface area (Å²) in [6.07, 6.45) is 1.64. The molecule has 1 N–H and O–H groups in total. The van der Waals surface area contributed by atoms with Crippen LogP contribution in [0.4, 0.5) is 11.4 Å². The molecule has 1 amide bonds. The molecule has 0 atom stereocenters. The Bertz CT molecular complexity index is 1170. The van der Waals surface area contributed by atoms with Gasteiger partial charge in [-0.05, 0) is 66.4 Å². The summed E-state index contributed by atoms with van der Waals surface area (Å²) in [7, 11) is -3.65. The van der Waals surface area contributed by atoms with Crippen LogP contribution in [0.15, 0.2) is 77.7 Å². The van der Waals surface area contributed by atoms with Gasteiger partial charge in [-0.2, -0.15) is 0 Å². The lowest BCUT2D eigenvalue weighted by Gasteiger charge is -2.19. The van der Waals surface area contributed by atoms with E-state index in [4.69, 9.17) is 4.74 Å². The molecule has 0 saturated carbocycles. The van der Waals surface area contributed by atoms with E-state index in [1.165, 1.54) is 22.0 Å². The third-order valence-corrected chi connectivity index (χ3v) is 7.10. The molecule has 3 aromatic rings. The molecule has 6 nitrogen and oxygen atoms in total. The van der Waals surface area contributed by atoms with Gasteiger partial charge in [0.25, 0.3) is 15.9 Å². The van der Waals surface area contributed by atoms with Crippen LogP contribution in [0, 0.1) is 0 Å². The molecule has 7 heteroatoms. The Morgan fingerprint density at radius 2 is 1.71 bits per heavy atom. The summed E-state index contributed by atoms with van der Waals surface area (Å²) in [5.74, 6) is 0.309. The fraction of sp³-hybridized carbons (Fsp3) is 0.208. The quantitative estimate of drug-likeness (QED) is 0.607. The third-order valence-electron chi connectivity index (χ3n) is 5.27. The zero-order valence-corrected chi connectivity index (χ0v) is 18.1. The van der Waals surface area contributed by atoms with Gasteiger partial charge in [0.05, 0.1) is 10.6 Å². The van der Waals surface area contributed by atoms with Gasteiger partial charge in [0.2, 0.25) is 0 Å². The van der Waals surface area contributed by atoms with Crippen LogP contribution < -0.4 is 14.4 Å². The highest BCUT2D eigenvalue weighted by Crippen LogP contribution is 2.32. The molecule has 1 aliphatic rings.